The van der Waals surface area contributed by atoms with Crippen molar-refractivity contribution in [2.45, 2.75) is 36.4 Å². The third kappa shape index (κ3) is 4.91. The zero-order valence-corrected chi connectivity index (χ0v) is 18.9. The average Bonchev–Trinajstić information content (AvgIpc) is 3.49. The molecule has 0 N–H and O–H groups in total. The fraction of sp³-hybridized carbons (Fsp3) is 0.450. The van der Waals surface area contributed by atoms with Crippen LogP contribution in [-0.4, -0.2) is 47.0 Å². The molecule has 0 amide bonds. The molecule has 6 nitrogen and oxygen atoms in total. The molecule has 0 aromatic carbocycles. The van der Waals surface area contributed by atoms with E-state index in [-0.39, 0.29) is 5.69 Å². The second-order valence-corrected chi connectivity index (χ2v) is 10.0. The monoisotopic (exact) mass is 449 g/mol. The number of carbonyl (C=O) groups excluding carboxylic acids is 1. The van der Waals surface area contributed by atoms with Crippen molar-refractivity contribution in [2.75, 3.05) is 26.0 Å². The molecule has 4 heterocycles. The highest BCUT2D eigenvalue weighted by Crippen LogP contribution is 2.34. The number of hydrogen-bond acceptors (Lipinski definition) is 9. The molecule has 1 aliphatic rings. The van der Waals surface area contributed by atoms with Crippen LogP contribution in [0.1, 0.15) is 46.1 Å². The molecule has 0 bridgehead atoms. The Kier molecular flexibility index (Phi) is 6.69. The summed E-state index contributed by atoms with van der Waals surface area (Å²) >= 11 is 5.36. The van der Waals surface area contributed by atoms with Gasteiger partial charge in [-0.25, -0.2) is 9.78 Å². The highest BCUT2D eigenvalue weighted by Gasteiger charge is 2.24. The second kappa shape index (κ2) is 9.42. The number of thiophene rings is 1. The molecule has 4 rings (SSSR count). The first-order chi connectivity index (χ1) is 14.2. The molecule has 0 radical (unpaired) electrons. The maximum absolute atomic E-state index is 11.8. The van der Waals surface area contributed by atoms with Gasteiger partial charge in [-0.1, -0.05) is 5.16 Å². The first-order valence-electron chi connectivity index (χ1n) is 9.61. The average molecular weight is 450 g/mol. The van der Waals surface area contributed by atoms with Crippen LogP contribution in [0.3, 0.4) is 0 Å². The molecule has 0 spiro atoms. The van der Waals surface area contributed by atoms with Gasteiger partial charge in [-0.15, -0.1) is 34.4 Å². The molecule has 3 aromatic heterocycles. The van der Waals surface area contributed by atoms with E-state index < -0.39 is 5.97 Å². The molecule has 0 atom stereocenters. The van der Waals surface area contributed by atoms with Gasteiger partial charge < -0.3 is 9.26 Å². The number of likely N-dealkylation sites (tertiary alicyclic amines) is 1. The molecule has 0 saturated carbocycles. The van der Waals surface area contributed by atoms with E-state index in [1.54, 1.807) is 24.3 Å². The van der Waals surface area contributed by atoms with Crippen molar-refractivity contribution in [1.29, 1.82) is 0 Å². The Morgan fingerprint density at radius 1 is 1.38 bits per heavy atom. The smallest absolute Gasteiger partial charge is 0.360 e. The predicted octanol–water partition coefficient (Wildman–Crippen LogP) is 5.14. The first kappa shape index (κ1) is 20.6. The second-order valence-electron chi connectivity index (χ2n) is 6.84. The summed E-state index contributed by atoms with van der Waals surface area (Å²) in [5.41, 5.74) is 0.918. The van der Waals surface area contributed by atoms with Crippen molar-refractivity contribution in [3.05, 3.63) is 39.2 Å². The quantitative estimate of drug-likeness (QED) is 0.365. The van der Waals surface area contributed by atoms with Crippen LogP contribution in [0.4, 0.5) is 0 Å². The van der Waals surface area contributed by atoms with Crippen LogP contribution in [0.15, 0.2) is 32.3 Å². The Hall–Kier alpha value is -1.68. The van der Waals surface area contributed by atoms with Gasteiger partial charge in [-0.3, -0.25) is 4.90 Å². The third-order valence-electron chi connectivity index (χ3n) is 4.92. The van der Waals surface area contributed by atoms with Crippen molar-refractivity contribution < 1.29 is 14.1 Å². The van der Waals surface area contributed by atoms with Crippen LogP contribution in [0, 0.1) is 0 Å². The number of thioether (sulfide) groups is 1. The molecular weight excluding hydrogens is 426 g/mol. The van der Waals surface area contributed by atoms with Crippen molar-refractivity contribution >= 4 is 40.4 Å². The lowest BCUT2D eigenvalue weighted by molar-refractivity contribution is 0.0514. The van der Waals surface area contributed by atoms with Crippen LogP contribution < -0.4 is 0 Å². The highest BCUT2D eigenvalue weighted by atomic mass is 32.2. The zero-order valence-electron chi connectivity index (χ0n) is 16.4. The summed E-state index contributed by atoms with van der Waals surface area (Å²) in [6.45, 7) is 5.28. The van der Waals surface area contributed by atoms with Gasteiger partial charge >= 0.3 is 5.97 Å². The van der Waals surface area contributed by atoms with Crippen LogP contribution >= 0.6 is 34.4 Å². The minimum atomic E-state index is -0.472. The van der Waals surface area contributed by atoms with Crippen molar-refractivity contribution in [1.82, 2.24) is 15.0 Å². The Balaban J connectivity index is 1.34. The number of nitrogens with zero attached hydrogens (tertiary/aromatic N) is 3. The van der Waals surface area contributed by atoms with Gasteiger partial charge in [-0.2, -0.15) is 0 Å². The lowest BCUT2D eigenvalue weighted by Crippen LogP contribution is -2.32. The first-order valence-corrected chi connectivity index (χ1v) is 12.5. The standard InChI is InChI=1S/C20H23N3O3S3/c1-3-25-20(24)15-10-17(26-22-15)16-12-28-19(21-16)13-6-8-23(9-7-13)11-14-4-5-18(27-2)29-14/h4-5,10,12-13H,3,6-9,11H2,1-2H3. The van der Waals surface area contributed by atoms with Gasteiger partial charge in [0.25, 0.3) is 0 Å². The molecule has 154 valence electrons. The number of ether oxygens (including phenoxy) is 1. The normalized spacial score (nSPS) is 15.7. The van der Waals surface area contributed by atoms with Gasteiger partial charge in [0.15, 0.2) is 11.5 Å². The molecule has 29 heavy (non-hydrogen) atoms. The van der Waals surface area contributed by atoms with E-state index in [4.69, 9.17) is 14.2 Å². The third-order valence-corrected chi connectivity index (χ3v) is 8.08. The summed E-state index contributed by atoms with van der Waals surface area (Å²) < 4.78 is 11.6. The molecule has 0 unspecified atom stereocenters. The van der Waals surface area contributed by atoms with E-state index in [1.807, 2.05) is 28.5 Å². The summed E-state index contributed by atoms with van der Waals surface area (Å²) in [4.78, 5) is 20.5. The topological polar surface area (TPSA) is 68.5 Å². The van der Waals surface area contributed by atoms with E-state index in [9.17, 15) is 4.79 Å². The van der Waals surface area contributed by atoms with Crippen molar-refractivity contribution in [3.8, 4) is 11.5 Å². The van der Waals surface area contributed by atoms with Crippen LogP contribution in [0.2, 0.25) is 0 Å². The minimum absolute atomic E-state index is 0.183. The number of hydrogen-bond donors (Lipinski definition) is 0. The van der Waals surface area contributed by atoms with Gasteiger partial charge in [0.2, 0.25) is 0 Å². The molecule has 9 heteroatoms. The van der Waals surface area contributed by atoms with Crippen molar-refractivity contribution in [3.63, 3.8) is 0 Å². The van der Waals surface area contributed by atoms with Gasteiger partial charge in [0, 0.05) is 28.8 Å². The molecule has 0 aliphatic carbocycles. The summed E-state index contributed by atoms with van der Waals surface area (Å²) in [5, 5.41) is 6.91. The lowest BCUT2D eigenvalue weighted by atomic mass is 9.97. The summed E-state index contributed by atoms with van der Waals surface area (Å²) in [6, 6.07) is 6.06. The number of carbonyl (C=O) groups is 1. The number of aromatic nitrogens is 2. The summed E-state index contributed by atoms with van der Waals surface area (Å²) in [5.74, 6) is 0.513. The maximum Gasteiger partial charge on any atom is 0.360 e. The maximum atomic E-state index is 11.8. The van der Waals surface area contributed by atoms with E-state index in [0.717, 1.165) is 43.2 Å². The molecular formula is C20H23N3O3S3. The molecule has 1 fully saturated rings. The summed E-state index contributed by atoms with van der Waals surface area (Å²) in [6.07, 6.45) is 4.34. The van der Waals surface area contributed by atoms with E-state index in [0.29, 0.717) is 18.3 Å². The number of rotatable bonds is 7. The van der Waals surface area contributed by atoms with E-state index in [2.05, 4.69) is 28.4 Å². The van der Waals surface area contributed by atoms with E-state index >= 15 is 0 Å². The van der Waals surface area contributed by atoms with E-state index in [1.165, 1.54) is 9.09 Å². The fourth-order valence-electron chi connectivity index (χ4n) is 3.40. The number of piperidine rings is 1. The lowest BCUT2D eigenvalue weighted by Gasteiger charge is -2.30. The van der Waals surface area contributed by atoms with Crippen LogP contribution in [0.5, 0.6) is 0 Å². The molecule has 3 aromatic rings. The number of thiazole rings is 1. The largest absolute Gasteiger partial charge is 0.461 e. The van der Waals surface area contributed by atoms with Crippen LogP contribution in [-0.2, 0) is 11.3 Å². The molecule has 1 aliphatic heterocycles. The SMILES string of the molecule is CCOC(=O)c1cc(-c2csc(C3CCN(Cc4ccc(SC)s4)CC3)n2)on1. The van der Waals surface area contributed by atoms with Gasteiger partial charge in [0.05, 0.1) is 15.8 Å². The summed E-state index contributed by atoms with van der Waals surface area (Å²) in [7, 11) is 0. The molecule has 1 saturated heterocycles. The Morgan fingerprint density at radius 3 is 2.93 bits per heavy atom. The van der Waals surface area contributed by atoms with Crippen LogP contribution in [0.25, 0.3) is 11.5 Å². The van der Waals surface area contributed by atoms with Gasteiger partial charge in [-0.05, 0) is 51.2 Å². The van der Waals surface area contributed by atoms with Crippen molar-refractivity contribution in [2.24, 2.45) is 0 Å². The van der Waals surface area contributed by atoms with Gasteiger partial charge in [0.1, 0.15) is 5.69 Å². The Labute approximate surface area is 182 Å². The Bertz CT molecular complexity index is 957. The number of esters is 1. The Morgan fingerprint density at radius 2 is 2.21 bits per heavy atom. The predicted molar refractivity (Wildman–Crippen MR) is 117 cm³/mol. The zero-order chi connectivity index (χ0) is 20.2. The minimum Gasteiger partial charge on any atom is -0.461 e. The fourth-order valence-corrected chi connectivity index (χ4v) is 6.01. The highest BCUT2D eigenvalue weighted by molar-refractivity contribution is 8.00.